The molecule has 0 radical (unpaired) electrons. The van der Waals surface area contributed by atoms with Crippen LogP contribution in [0.5, 0.6) is 0 Å². The van der Waals surface area contributed by atoms with Gasteiger partial charge in [-0.05, 0) is 16.8 Å². The Balaban J connectivity index is 3.55. The first-order chi connectivity index (χ1) is 4.16. The van der Waals surface area contributed by atoms with E-state index in [2.05, 4.69) is 42.8 Å². The molecule has 0 fully saturated rings. The first kappa shape index (κ1) is 9.22. The summed E-state index contributed by atoms with van der Waals surface area (Å²) >= 11 is 3.50. The zero-order chi connectivity index (χ0) is 7.28. The number of rotatable bonds is 3. The molecule has 0 nitrogen and oxygen atoms in total. The second-order valence-corrected chi connectivity index (χ2v) is 3.63. The van der Waals surface area contributed by atoms with Crippen LogP contribution >= 0.6 is 15.9 Å². The fraction of sp³-hybridized carbons (Fsp3) is 0.750. The van der Waals surface area contributed by atoms with Crippen LogP contribution in [-0.2, 0) is 0 Å². The standard InChI is InChI=1S/C8H15Br/c1-4-5-8(9)6-7(2)3/h6-7H,4-5H2,1-3H3. The lowest BCUT2D eigenvalue weighted by atomic mass is 10.2. The topological polar surface area (TPSA) is 0 Å². The third-order valence-corrected chi connectivity index (χ3v) is 1.66. The largest absolute Gasteiger partial charge is 0.0718 e. The van der Waals surface area contributed by atoms with Gasteiger partial charge in [0.15, 0.2) is 0 Å². The lowest BCUT2D eigenvalue weighted by molar-refractivity contribution is 0.816. The van der Waals surface area contributed by atoms with Crippen LogP contribution in [-0.4, -0.2) is 0 Å². The molecule has 0 aromatic carbocycles. The number of allylic oxidation sites excluding steroid dienone is 2. The molecular formula is C8H15Br. The zero-order valence-electron chi connectivity index (χ0n) is 6.45. The molecule has 54 valence electrons. The quantitative estimate of drug-likeness (QED) is 0.637. The van der Waals surface area contributed by atoms with Gasteiger partial charge in [0, 0.05) is 0 Å². The van der Waals surface area contributed by atoms with E-state index in [0.717, 1.165) is 0 Å². The van der Waals surface area contributed by atoms with Gasteiger partial charge < -0.3 is 0 Å². The smallest absolute Gasteiger partial charge is 0.00867 e. The molecule has 0 rings (SSSR count). The molecule has 0 aliphatic rings. The van der Waals surface area contributed by atoms with Crippen molar-refractivity contribution in [3.05, 3.63) is 10.6 Å². The average Bonchev–Trinajstić information content (AvgIpc) is 1.63. The lowest BCUT2D eigenvalue weighted by Gasteiger charge is -1.97. The van der Waals surface area contributed by atoms with Crippen LogP contribution in [0.1, 0.15) is 33.6 Å². The Labute approximate surface area is 66.5 Å². The van der Waals surface area contributed by atoms with Crippen LogP contribution in [0.25, 0.3) is 0 Å². The van der Waals surface area contributed by atoms with Gasteiger partial charge in [0.1, 0.15) is 0 Å². The van der Waals surface area contributed by atoms with Crippen LogP contribution in [0.2, 0.25) is 0 Å². The second-order valence-electron chi connectivity index (χ2n) is 2.61. The van der Waals surface area contributed by atoms with E-state index in [4.69, 9.17) is 0 Å². The third-order valence-electron chi connectivity index (χ3n) is 1.00. The molecule has 0 aromatic rings. The molecule has 0 N–H and O–H groups in total. The van der Waals surface area contributed by atoms with Crippen molar-refractivity contribution in [1.29, 1.82) is 0 Å². The number of hydrogen-bond acceptors (Lipinski definition) is 0. The molecule has 0 bridgehead atoms. The normalized spacial score (nSPS) is 12.8. The zero-order valence-corrected chi connectivity index (χ0v) is 8.03. The summed E-state index contributed by atoms with van der Waals surface area (Å²) in [5.41, 5.74) is 0. The van der Waals surface area contributed by atoms with E-state index in [0.29, 0.717) is 5.92 Å². The summed E-state index contributed by atoms with van der Waals surface area (Å²) in [6.07, 6.45) is 4.66. The van der Waals surface area contributed by atoms with Gasteiger partial charge in [-0.3, -0.25) is 0 Å². The van der Waals surface area contributed by atoms with E-state index in [1.165, 1.54) is 17.3 Å². The third kappa shape index (κ3) is 6.10. The summed E-state index contributed by atoms with van der Waals surface area (Å²) in [6.45, 7) is 6.57. The van der Waals surface area contributed by atoms with E-state index in [9.17, 15) is 0 Å². The predicted octanol–water partition coefficient (Wildman–Crippen LogP) is 3.72. The van der Waals surface area contributed by atoms with E-state index in [-0.39, 0.29) is 0 Å². The van der Waals surface area contributed by atoms with Gasteiger partial charge in [0.25, 0.3) is 0 Å². The Hall–Kier alpha value is 0.220. The minimum absolute atomic E-state index is 0.672. The van der Waals surface area contributed by atoms with Gasteiger partial charge in [0.05, 0.1) is 0 Å². The fourth-order valence-electron chi connectivity index (χ4n) is 0.684. The minimum atomic E-state index is 0.672. The van der Waals surface area contributed by atoms with Crippen molar-refractivity contribution >= 4 is 15.9 Å². The van der Waals surface area contributed by atoms with Crippen molar-refractivity contribution in [3.63, 3.8) is 0 Å². The highest BCUT2D eigenvalue weighted by Gasteiger charge is 1.90. The van der Waals surface area contributed by atoms with Gasteiger partial charge in [-0.25, -0.2) is 0 Å². The Morgan fingerprint density at radius 1 is 1.56 bits per heavy atom. The summed E-state index contributed by atoms with van der Waals surface area (Å²) in [5.74, 6) is 0.672. The highest BCUT2D eigenvalue weighted by atomic mass is 79.9. The van der Waals surface area contributed by atoms with Crippen molar-refractivity contribution in [2.24, 2.45) is 5.92 Å². The fourth-order valence-corrected chi connectivity index (χ4v) is 1.61. The van der Waals surface area contributed by atoms with E-state index in [1.807, 2.05) is 0 Å². The predicted molar refractivity (Wildman–Crippen MR) is 46.8 cm³/mol. The summed E-state index contributed by atoms with van der Waals surface area (Å²) < 4.78 is 1.35. The van der Waals surface area contributed by atoms with Crippen LogP contribution in [0.4, 0.5) is 0 Å². The van der Waals surface area contributed by atoms with E-state index in [1.54, 1.807) is 0 Å². The number of hydrogen-bond donors (Lipinski definition) is 0. The van der Waals surface area contributed by atoms with Crippen LogP contribution in [0.15, 0.2) is 10.6 Å². The van der Waals surface area contributed by atoms with Gasteiger partial charge in [0.2, 0.25) is 0 Å². The van der Waals surface area contributed by atoms with Crippen LogP contribution in [0, 0.1) is 5.92 Å². The maximum absolute atomic E-state index is 3.50. The second kappa shape index (κ2) is 5.04. The van der Waals surface area contributed by atoms with Crippen LogP contribution in [0.3, 0.4) is 0 Å². The summed E-state index contributed by atoms with van der Waals surface area (Å²) in [5, 5.41) is 0. The van der Waals surface area contributed by atoms with Crippen molar-refractivity contribution < 1.29 is 0 Å². The average molecular weight is 191 g/mol. The monoisotopic (exact) mass is 190 g/mol. The number of halogens is 1. The molecule has 0 saturated heterocycles. The minimum Gasteiger partial charge on any atom is -0.0718 e. The Morgan fingerprint density at radius 2 is 2.11 bits per heavy atom. The summed E-state index contributed by atoms with van der Waals surface area (Å²) in [7, 11) is 0. The van der Waals surface area contributed by atoms with Crippen LogP contribution < -0.4 is 0 Å². The Kier molecular flexibility index (Phi) is 5.16. The van der Waals surface area contributed by atoms with Gasteiger partial charge in [-0.1, -0.05) is 49.2 Å². The van der Waals surface area contributed by atoms with Crippen molar-refractivity contribution in [2.45, 2.75) is 33.6 Å². The summed E-state index contributed by atoms with van der Waals surface area (Å²) in [6, 6.07) is 0. The Morgan fingerprint density at radius 3 is 2.44 bits per heavy atom. The molecule has 0 aromatic heterocycles. The highest BCUT2D eigenvalue weighted by molar-refractivity contribution is 9.11. The lowest BCUT2D eigenvalue weighted by Crippen LogP contribution is -1.80. The molecule has 1 heteroatoms. The molecule has 0 saturated carbocycles. The Bertz CT molecular complexity index is 92.7. The van der Waals surface area contributed by atoms with Gasteiger partial charge >= 0.3 is 0 Å². The molecule has 9 heavy (non-hydrogen) atoms. The van der Waals surface area contributed by atoms with Crippen molar-refractivity contribution in [2.75, 3.05) is 0 Å². The molecule has 0 heterocycles. The molecule has 0 atom stereocenters. The first-order valence-electron chi connectivity index (χ1n) is 3.53. The maximum atomic E-state index is 3.50. The molecule has 0 amide bonds. The molecule has 0 spiro atoms. The summed E-state index contributed by atoms with van der Waals surface area (Å²) in [4.78, 5) is 0. The van der Waals surface area contributed by atoms with Gasteiger partial charge in [-0.15, -0.1) is 0 Å². The maximum Gasteiger partial charge on any atom is -0.00867 e. The first-order valence-corrected chi connectivity index (χ1v) is 4.32. The molecular weight excluding hydrogens is 176 g/mol. The van der Waals surface area contributed by atoms with E-state index >= 15 is 0 Å². The van der Waals surface area contributed by atoms with Gasteiger partial charge in [-0.2, -0.15) is 0 Å². The molecule has 0 aliphatic carbocycles. The van der Waals surface area contributed by atoms with Crippen molar-refractivity contribution in [3.8, 4) is 0 Å². The highest BCUT2D eigenvalue weighted by Crippen LogP contribution is 2.14. The van der Waals surface area contributed by atoms with E-state index < -0.39 is 0 Å². The molecule has 0 aliphatic heterocycles. The molecule has 0 unspecified atom stereocenters. The SMILES string of the molecule is CCCC(Br)=CC(C)C. The van der Waals surface area contributed by atoms with Crippen molar-refractivity contribution in [1.82, 2.24) is 0 Å².